The quantitative estimate of drug-likeness (QED) is 0.715. The highest BCUT2D eigenvalue weighted by Gasteiger charge is 2.32. The number of unbranched alkanes of at least 4 members (excludes halogenated alkanes) is 1. The van der Waals surface area contributed by atoms with E-state index < -0.39 is 5.60 Å². The fourth-order valence-electron chi connectivity index (χ4n) is 2.78. The van der Waals surface area contributed by atoms with Crippen LogP contribution in [-0.2, 0) is 0 Å². The Morgan fingerprint density at radius 3 is 2.47 bits per heavy atom. The predicted molar refractivity (Wildman–Crippen MR) is 74.2 cm³/mol. The smallest absolute Gasteiger partial charge is 0.0771 e. The maximum Gasteiger partial charge on any atom is 0.0771 e. The van der Waals surface area contributed by atoms with Gasteiger partial charge < -0.3 is 10.4 Å². The first-order valence-electron chi connectivity index (χ1n) is 7.55. The van der Waals surface area contributed by atoms with Gasteiger partial charge in [-0.3, -0.25) is 0 Å². The molecule has 0 aromatic carbocycles. The van der Waals surface area contributed by atoms with Gasteiger partial charge in [0.25, 0.3) is 0 Å². The predicted octanol–water partition coefficient (Wildman–Crippen LogP) is 3.49. The van der Waals surface area contributed by atoms with Gasteiger partial charge in [-0.2, -0.15) is 0 Å². The molecule has 102 valence electrons. The van der Waals surface area contributed by atoms with Crippen molar-refractivity contribution in [3.63, 3.8) is 0 Å². The largest absolute Gasteiger partial charge is 0.389 e. The highest BCUT2D eigenvalue weighted by atomic mass is 16.3. The first kappa shape index (κ1) is 15.0. The second kappa shape index (κ2) is 7.38. The van der Waals surface area contributed by atoms with Crippen molar-refractivity contribution in [2.75, 3.05) is 6.54 Å². The molecule has 2 heteroatoms. The van der Waals surface area contributed by atoms with Crippen LogP contribution in [-0.4, -0.2) is 23.3 Å². The number of rotatable bonds is 7. The lowest BCUT2D eigenvalue weighted by Crippen LogP contribution is -2.46. The van der Waals surface area contributed by atoms with Crippen LogP contribution in [0, 0.1) is 5.92 Å². The van der Waals surface area contributed by atoms with E-state index >= 15 is 0 Å². The van der Waals surface area contributed by atoms with Gasteiger partial charge in [0.05, 0.1) is 5.60 Å². The Morgan fingerprint density at radius 2 is 1.94 bits per heavy atom. The average Bonchev–Trinajstić information content (AvgIpc) is 2.35. The van der Waals surface area contributed by atoms with Crippen molar-refractivity contribution >= 4 is 0 Å². The fourth-order valence-corrected chi connectivity index (χ4v) is 2.78. The van der Waals surface area contributed by atoms with E-state index in [1.54, 1.807) is 0 Å². The zero-order valence-corrected chi connectivity index (χ0v) is 12.0. The number of hydrogen-bond acceptors (Lipinski definition) is 2. The average molecular weight is 241 g/mol. The van der Waals surface area contributed by atoms with Crippen LogP contribution in [0.1, 0.15) is 72.1 Å². The molecule has 0 aliphatic heterocycles. The molecule has 1 rings (SSSR count). The minimum absolute atomic E-state index is 0.424. The molecule has 0 aromatic heterocycles. The van der Waals surface area contributed by atoms with Crippen LogP contribution in [0.2, 0.25) is 0 Å². The highest BCUT2D eigenvalue weighted by molar-refractivity contribution is 4.87. The van der Waals surface area contributed by atoms with Crippen molar-refractivity contribution in [1.82, 2.24) is 5.32 Å². The molecule has 1 saturated carbocycles. The molecule has 17 heavy (non-hydrogen) atoms. The van der Waals surface area contributed by atoms with Crippen molar-refractivity contribution in [2.24, 2.45) is 5.92 Å². The molecule has 0 spiro atoms. The van der Waals surface area contributed by atoms with Crippen LogP contribution in [0.25, 0.3) is 0 Å². The van der Waals surface area contributed by atoms with Crippen LogP contribution < -0.4 is 5.32 Å². The molecule has 0 bridgehead atoms. The molecule has 1 unspecified atom stereocenters. The first-order chi connectivity index (χ1) is 8.09. The molecule has 1 atom stereocenters. The van der Waals surface area contributed by atoms with Crippen molar-refractivity contribution in [2.45, 2.75) is 83.8 Å². The number of aliphatic hydroxyl groups is 1. The van der Waals surface area contributed by atoms with E-state index in [9.17, 15) is 5.11 Å². The fraction of sp³-hybridized carbons (Fsp3) is 1.00. The lowest BCUT2D eigenvalue weighted by Gasteiger charge is -2.36. The molecule has 2 N–H and O–H groups in total. The van der Waals surface area contributed by atoms with E-state index in [1.807, 2.05) is 0 Å². The minimum Gasteiger partial charge on any atom is -0.389 e. The molecule has 0 heterocycles. The molecule has 0 amide bonds. The SMILES string of the molecule is CCCCC(C)NCC1(O)CCC(CC)CC1. The van der Waals surface area contributed by atoms with Crippen molar-refractivity contribution in [3.8, 4) is 0 Å². The summed E-state index contributed by atoms with van der Waals surface area (Å²) in [5.41, 5.74) is -0.424. The second-order valence-electron chi connectivity index (χ2n) is 6.00. The maximum absolute atomic E-state index is 10.5. The summed E-state index contributed by atoms with van der Waals surface area (Å²) in [5, 5.41) is 14.0. The van der Waals surface area contributed by atoms with E-state index in [0.717, 1.165) is 25.3 Å². The molecule has 2 nitrogen and oxygen atoms in total. The Bertz CT molecular complexity index is 197. The highest BCUT2D eigenvalue weighted by Crippen LogP contribution is 2.33. The van der Waals surface area contributed by atoms with E-state index in [0.29, 0.717) is 6.04 Å². The lowest BCUT2D eigenvalue weighted by molar-refractivity contribution is -0.0105. The third kappa shape index (κ3) is 5.39. The van der Waals surface area contributed by atoms with E-state index in [4.69, 9.17) is 0 Å². The lowest BCUT2D eigenvalue weighted by atomic mass is 9.78. The number of nitrogens with one attached hydrogen (secondary N) is 1. The Morgan fingerprint density at radius 1 is 1.29 bits per heavy atom. The summed E-state index contributed by atoms with van der Waals surface area (Å²) in [5.74, 6) is 0.854. The monoisotopic (exact) mass is 241 g/mol. The Kier molecular flexibility index (Phi) is 6.50. The van der Waals surface area contributed by atoms with Crippen LogP contribution >= 0.6 is 0 Å². The van der Waals surface area contributed by atoms with Gasteiger partial charge in [-0.25, -0.2) is 0 Å². The van der Waals surface area contributed by atoms with Gasteiger partial charge >= 0.3 is 0 Å². The molecule has 1 aliphatic carbocycles. The summed E-state index contributed by atoms with van der Waals surface area (Å²) in [7, 11) is 0. The molecular weight excluding hydrogens is 210 g/mol. The van der Waals surface area contributed by atoms with Gasteiger partial charge in [0, 0.05) is 12.6 Å². The standard InChI is InChI=1S/C15H31NO/c1-4-6-7-13(3)16-12-15(17)10-8-14(5-2)9-11-15/h13-14,16-17H,4-12H2,1-3H3. The van der Waals surface area contributed by atoms with Gasteiger partial charge in [-0.1, -0.05) is 33.1 Å². The topological polar surface area (TPSA) is 32.3 Å². The van der Waals surface area contributed by atoms with Crippen LogP contribution in [0.5, 0.6) is 0 Å². The minimum atomic E-state index is -0.424. The van der Waals surface area contributed by atoms with Gasteiger partial charge in [-0.15, -0.1) is 0 Å². The summed E-state index contributed by atoms with van der Waals surface area (Å²) in [6.07, 6.45) is 9.42. The van der Waals surface area contributed by atoms with E-state index in [2.05, 4.69) is 26.1 Å². The Balaban J connectivity index is 2.21. The number of hydrogen-bond donors (Lipinski definition) is 2. The van der Waals surface area contributed by atoms with Crippen LogP contribution in [0.4, 0.5) is 0 Å². The summed E-state index contributed by atoms with van der Waals surface area (Å²) in [6, 6.07) is 0.544. The van der Waals surface area contributed by atoms with Gasteiger partial charge in [0.2, 0.25) is 0 Å². The molecule has 1 aliphatic rings. The molecular formula is C15H31NO. The van der Waals surface area contributed by atoms with Gasteiger partial charge in [0.1, 0.15) is 0 Å². The third-order valence-corrected chi connectivity index (χ3v) is 4.38. The van der Waals surface area contributed by atoms with Gasteiger partial charge in [-0.05, 0) is 44.9 Å². The third-order valence-electron chi connectivity index (χ3n) is 4.38. The zero-order valence-electron chi connectivity index (χ0n) is 12.0. The van der Waals surface area contributed by atoms with Crippen molar-refractivity contribution in [1.29, 1.82) is 0 Å². The Hall–Kier alpha value is -0.0800. The second-order valence-corrected chi connectivity index (χ2v) is 6.00. The molecule has 0 saturated heterocycles. The molecule has 0 aromatic rings. The van der Waals surface area contributed by atoms with Crippen molar-refractivity contribution < 1.29 is 5.11 Å². The molecule has 0 radical (unpaired) electrons. The summed E-state index contributed by atoms with van der Waals surface area (Å²) >= 11 is 0. The Labute approximate surface area is 107 Å². The van der Waals surface area contributed by atoms with E-state index in [-0.39, 0.29) is 0 Å². The van der Waals surface area contributed by atoms with Gasteiger partial charge in [0.15, 0.2) is 0 Å². The van der Waals surface area contributed by atoms with Crippen LogP contribution in [0.15, 0.2) is 0 Å². The summed E-state index contributed by atoms with van der Waals surface area (Å²) in [4.78, 5) is 0. The maximum atomic E-state index is 10.5. The normalized spacial score (nSPS) is 31.4. The summed E-state index contributed by atoms with van der Waals surface area (Å²) < 4.78 is 0. The van der Waals surface area contributed by atoms with Crippen LogP contribution in [0.3, 0.4) is 0 Å². The van der Waals surface area contributed by atoms with Crippen molar-refractivity contribution in [3.05, 3.63) is 0 Å². The first-order valence-corrected chi connectivity index (χ1v) is 7.55. The summed E-state index contributed by atoms with van der Waals surface area (Å²) in [6.45, 7) is 7.51. The van der Waals surface area contributed by atoms with E-state index in [1.165, 1.54) is 38.5 Å². The zero-order chi connectivity index (χ0) is 12.7. The molecule has 1 fully saturated rings.